The van der Waals surface area contributed by atoms with Crippen molar-refractivity contribution in [1.29, 1.82) is 0 Å². The quantitative estimate of drug-likeness (QED) is 0.647. The van der Waals surface area contributed by atoms with Crippen LogP contribution in [0.4, 0.5) is 26.0 Å². The second-order valence-electron chi connectivity index (χ2n) is 5.71. The number of carbonyl (C=O) groups excluding carboxylic acids is 2. The largest absolute Gasteiger partial charge is 0.465 e. The number of anilines is 3. The molecule has 0 saturated carbocycles. The van der Waals surface area contributed by atoms with Crippen molar-refractivity contribution < 1.29 is 23.1 Å². The number of ether oxygens (including phenoxy) is 1. The fourth-order valence-electron chi connectivity index (χ4n) is 2.38. The van der Waals surface area contributed by atoms with Crippen LogP contribution in [0.1, 0.15) is 20.7 Å². The molecule has 0 unspecified atom stereocenters. The Morgan fingerprint density at radius 1 is 1.00 bits per heavy atom. The summed E-state index contributed by atoms with van der Waals surface area (Å²) >= 11 is 0. The number of amides is 1. The van der Waals surface area contributed by atoms with Crippen LogP contribution in [0.3, 0.4) is 0 Å². The molecule has 0 spiro atoms. The highest BCUT2D eigenvalue weighted by atomic mass is 19.1. The van der Waals surface area contributed by atoms with Crippen LogP contribution in [-0.2, 0) is 4.74 Å². The molecule has 2 N–H and O–H groups in total. The summed E-state index contributed by atoms with van der Waals surface area (Å²) in [7, 11) is 1.27. The predicted molar refractivity (Wildman–Crippen MR) is 99.6 cm³/mol. The van der Waals surface area contributed by atoms with Crippen LogP contribution in [0.2, 0.25) is 0 Å². The van der Waals surface area contributed by atoms with Crippen molar-refractivity contribution in [3.8, 4) is 0 Å². The maximum absolute atomic E-state index is 13.7. The second-order valence-corrected chi connectivity index (χ2v) is 5.71. The third kappa shape index (κ3) is 4.47. The molecule has 6 nitrogen and oxygen atoms in total. The van der Waals surface area contributed by atoms with E-state index >= 15 is 0 Å². The van der Waals surface area contributed by atoms with Gasteiger partial charge in [0.05, 0.1) is 23.9 Å². The minimum Gasteiger partial charge on any atom is -0.465 e. The lowest BCUT2D eigenvalue weighted by Crippen LogP contribution is -2.13. The van der Waals surface area contributed by atoms with Crippen LogP contribution in [0.5, 0.6) is 0 Å². The molecule has 3 rings (SSSR count). The van der Waals surface area contributed by atoms with Crippen molar-refractivity contribution in [2.75, 3.05) is 17.7 Å². The molecule has 0 saturated heterocycles. The van der Waals surface area contributed by atoms with Gasteiger partial charge in [-0.25, -0.2) is 18.6 Å². The Morgan fingerprint density at radius 2 is 1.82 bits per heavy atom. The summed E-state index contributed by atoms with van der Waals surface area (Å²) in [5.41, 5.74) is 1.04. The summed E-state index contributed by atoms with van der Waals surface area (Å²) < 4.78 is 31.3. The molecule has 0 aliphatic rings. The van der Waals surface area contributed by atoms with Crippen molar-refractivity contribution in [2.45, 2.75) is 0 Å². The van der Waals surface area contributed by atoms with Crippen LogP contribution < -0.4 is 10.6 Å². The molecule has 0 aliphatic heterocycles. The predicted octanol–water partition coefficient (Wildman–Crippen LogP) is 4.14. The topological polar surface area (TPSA) is 80.3 Å². The van der Waals surface area contributed by atoms with E-state index in [-0.39, 0.29) is 17.1 Å². The molecule has 0 radical (unpaired) electrons. The van der Waals surface area contributed by atoms with Crippen LogP contribution in [0.15, 0.2) is 60.8 Å². The first-order chi connectivity index (χ1) is 13.5. The van der Waals surface area contributed by atoms with Gasteiger partial charge in [-0.1, -0.05) is 6.07 Å². The number of hydrogen-bond donors (Lipinski definition) is 2. The van der Waals surface area contributed by atoms with Gasteiger partial charge in [-0.15, -0.1) is 0 Å². The van der Waals surface area contributed by atoms with Gasteiger partial charge in [-0.2, -0.15) is 0 Å². The number of nitrogens with one attached hydrogen (secondary N) is 2. The Kier molecular flexibility index (Phi) is 5.59. The Bertz CT molecular complexity index is 1020. The van der Waals surface area contributed by atoms with Gasteiger partial charge in [0, 0.05) is 18.0 Å². The van der Waals surface area contributed by atoms with Crippen LogP contribution in [0, 0.1) is 11.6 Å². The number of halogens is 2. The summed E-state index contributed by atoms with van der Waals surface area (Å²) in [5.74, 6) is -2.10. The highest BCUT2D eigenvalue weighted by molar-refractivity contribution is 6.04. The molecule has 28 heavy (non-hydrogen) atoms. The van der Waals surface area contributed by atoms with Gasteiger partial charge in [-0.3, -0.25) is 4.79 Å². The lowest BCUT2D eigenvalue weighted by atomic mass is 10.2. The summed E-state index contributed by atoms with van der Waals surface area (Å²) in [6.45, 7) is 0. The molecule has 3 aromatic rings. The first kappa shape index (κ1) is 19.0. The number of pyridine rings is 1. The lowest BCUT2D eigenvalue weighted by Gasteiger charge is -2.09. The van der Waals surface area contributed by atoms with Gasteiger partial charge in [0.15, 0.2) is 0 Å². The van der Waals surface area contributed by atoms with Crippen LogP contribution >= 0.6 is 0 Å². The fourth-order valence-corrected chi connectivity index (χ4v) is 2.38. The zero-order valence-electron chi connectivity index (χ0n) is 14.7. The maximum Gasteiger partial charge on any atom is 0.337 e. The fraction of sp³-hybridized carbons (Fsp3) is 0.0500. The minimum atomic E-state index is -0.755. The molecule has 1 amide bonds. The molecular weight excluding hydrogens is 368 g/mol. The van der Waals surface area contributed by atoms with E-state index in [2.05, 4.69) is 20.4 Å². The zero-order valence-corrected chi connectivity index (χ0v) is 14.7. The number of rotatable bonds is 5. The Hall–Kier alpha value is -3.81. The summed E-state index contributed by atoms with van der Waals surface area (Å²) in [4.78, 5) is 27.9. The number of esters is 1. The number of methoxy groups -OCH3 is 1. The van der Waals surface area contributed by atoms with Gasteiger partial charge < -0.3 is 15.4 Å². The van der Waals surface area contributed by atoms with E-state index in [0.717, 1.165) is 12.1 Å². The Balaban J connectivity index is 1.69. The van der Waals surface area contributed by atoms with E-state index in [4.69, 9.17) is 0 Å². The lowest BCUT2D eigenvalue weighted by molar-refractivity contribution is 0.0600. The third-order valence-corrected chi connectivity index (χ3v) is 3.76. The van der Waals surface area contributed by atoms with Gasteiger partial charge in [-0.05, 0) is 42.5 Å². The highest BCUT2D eigenvalue weighted by Gasteiger charge is 2.11. The number of aromatic nitrogens is 1. The van der Waals surface area contributed by atoms with Crippen molar-refractivity contribution in [3.63, 3.8) is 0 Å². The Morgan fingerprint density at radius 3 is 2.50 bits per heavy atom. The highest BCUT2D eigenvalue weighted by Crippen LogP contribution is 2.20. The van der Waals surface area contributed by atoms with Gasteiger partial charge >= 0.3 is 5.97 Å². The number of benzene rings is 2. The van der Waals surface area contributed by atoms with Crippen molar-refractivity contribution >= 4 is 29.1 Å². The average molecular weight is 383 g/mol. The summed E-state index contributed by atoms with van der Waals surface area (Å²) in [5, 5.41) is 5.36. The van der Waals surface area contributed by atoms with E-state index in [1.54, 1.807) is 18.2 Å². The van der Waals surface area contributed by atoms with E-state index in [9.17, 15) is 18.4 Å². The van der Waals surface area contributed by atoms with E-state index in [1.165, 1.54) is 37.6 Å². The molecule has 0 atom stereocenters. The SMILES string of the molecule is COC(=O)c1cccc(NC(=O)c2ccc(Nc3ccc(F)cc3F)nc2)c1. The second kappa shape index (κ2) is 8.26. The summed E-state index contributed by atoms with van der Waals surface area (Å²) in [6, 6.07) is 12.4. The first-order valence-electron chi connectivity index (χ1n) is 8.14. The summed E-state index contributed by atoms with van der Waals surface area (Å²) in [6.07, 6.45) is 1.31. The normalized spacial score (nSPS) is 10.2. The van der Waals surface area contributed by atoms with E-state index in [1.807, 2.05) is 0 Å². The van der Waals surface area contributed by atoms with E-state index in [0.29, 0.717) is 11.3 Å². The third-order valence-electron chi connectivity index (χ3n) is 3.76. The molecule has 1 aromatic heterocycles. The molecule has 142 valence electrons. The average Bonchev–Trinajstić information content (AvgIpc) is 2.70. The van der Waals surface area contributed by atoms with Gasteiger partial charge in [0.25, 0.3) is 5.91 Å². The molecule has 0 bridgehead atoms. The Labute approximate surface area is 159 Å². The van der Waals surface area contributed by atoms with Crippen molar-refractivity contribution in [3.05, 3.63) is 83.6 Å². The standard InChI is InChI=1S/C20H15F2N3O3/c1-28-20(27)12-3-2-4-15(9-12)24-19(26)13-5-8-18(23-11-13)25-17-7-6-14(21)10-16(17)22/h2-11H,1H3,(H,23,25)(H,24,26). The molecule has 2 aromatic carbocycles. The molecular formula is C20H15F2N3O3. The monoisotopic (exact) mass is 383 g/mol. The molecule has 0 aliphatic carbocycles. The number of carbonyl (C=O) groups is 2. The van der Waals surface area contributed by atoms with Crippen molar-refractivity contribution in [2.24, 2.45) is 0 Å². The number of nitrogens with zero attached hydrogens (tertiary/aromatic N) is 1. The zero-order chi connectivity index (χ0) is 20.1. The minimum absolute atomic E-state index is 0.0609. The van der Waals surface area contributed by atoms with Crippen LogP contribution in [0.25, 0.3) is 0 Å². The molecule has 1 heterocycles. The number of hydrogen-bond acceptors (Lipinski definition) is 5. The van der Waals surface area contributed by atoms with Crippen LogP contribution in [-0.4, -0.2) is 24.0 Å². The maximum atomic E-state index is 13.7. The first-order valence-corrected chi connectivity index (χ1v) is 8.14. The van der Waals surface area contributed by atoms with Gasteiger partial charge in [0.1, 0.15) is 17.5 Å². The van der Waals surface area contributed by atoms with Crippen molar-refractivity contribution in [1.82, 2.24) is 4.98 Å². The smallest absolute Gasteiger partial charge is 0.337 e. The van der Waals surface area contributed by atoms with E-state index < -0.39 is 23.5 Å². The van der Waals surface area contributed by atoms with Gasteiger partial charge in [0.2, 0.25) is 0 Å². The molecule has 0 fully saturated rings. The molecule has 8 heteroatoms.